The van der Waals surface area contributed by atoms with Crippen molar-refractivity contribution in [2.24, 2.45) is 7.05 Å². The molecule has 140 valence electrons. The number of ether oxygens (including phenoxy) is 1. The molecule has 1 aliphatic carbocycles. The summed E-state index contributed by atoms with van der Waals surface area (Å²) in [5, 5.41) is 0. The molecule has 0 N–H and O–H groups in total. The fourth-order valence-corrected chi connectivity index (χ4v) is 4.62. The molecule has 0 saturated carbocycles. The fourth-order valence-electron chi connectivity index (χ4n) is 4.62. The Bertz CT molecular complexity index is 1030. The van der Waals surface area contributed by atoms with Crippen LogP contribution in [0, 0.1) is 6.92 Å². The summed E-state index contributed by atoms with van der Waals surface area (Å²) in [6, 6.07) is 15.0. The maximum Gasteiger partial charge on any atom is 0.249 e. The van der Waals surface area contributed by atoms with Crippen molar-refractivity contribution < 1.29 is 9.30 Å². The zero-order valence-electron chi connectivity index (χ0n) is 17.4. The Kier molecular flexibility index (Phi) is 3.78. The molecule has 3 heteroatoms. The van der Waals surface area contributed by atoms with E-state index in [4.69, 9.17) is 4.74 Å². The van der Waals surface area contributed by atoms with E-state index in [1.165, 1.54) is 33.8 Å². The van der Waals surface area contributed by atoms with Gasteiger partial charge in [0.05, 0.1) is 14.2 Å². The molecule has 2 aromatic carbocycles. The molecule has 0 radical (unpaired) electrons. The monoisotopic (exact) mass is 361 g/mol. The van der Waals surface area contributed by atoms with Crippen LogP contribution in [0.2, 0.25) is 0 Å². The smallest absolute Gasteiger partial charge is 0.249 e. The molecule has 0 unspecified atom stereocenters. The van der Waals surface area contributed by atoms with Gasteiger partial charge in [-0.05, 0) is 30.7 Å². The first-order valence-electron chi connectivity index (χ1n) is 9.57. The summed E-state index contributed by atoms with van der Waals surface area (Å²) in [4.78, 5) is 0. The van der Waals surface area contributed by atoms with Crippen molar-refractivity contribution in [1.29, 1.82) is 0 Å². The number of methoxy groups -OCH3 is 1. The van der Waals surface area contributed by atoms with Crippen molar-refractivity contribution >= 4 is 0 Å². The van der Waals surface area contributed by atoms with E-state index in [0.29, 0.717) is 0 Å². The highest BCUT2D eigenvalue weighted by molar-refractivity contribution is 5.77. The average molecular weight is 362 g/mol. The Balaban J connectivity index is 2.15. The Morgan fingerprint density at radius 2 is 1.59 bits per heavy atom. The number of imidazole rings is 1. The second-order valence-corrected chi connectivity index (χ2v) is 8.69. The summed E-state index contributed by atoms with van der Waals surface area (Å²) in [7, 11) is 3.90. The van der Waals surface area contributed by atoms with Gasteiger partial charge in [0.15, 0.2) is 11.4 Å². The van der Waals surface area contributed by atoms with E-state index < -0.39 is 0 Å². The summed E-state index contributed by atoms with van der Waals surface area (Å²) in [6.45, 7) is 11.6. The normalized spacial score (nSPS) is 16.6. The van der Waals surface area contributed by atoms with Crippen molar-refractivity contribution in [3.05, 3.63) is 65.6 Å². The summed E-state index contributed by atoms with van der Waals surface area (Å²) in [5.41, 5.74) is 7.67. The van der Waals surface area contributed by atoms with Gasteiger partial charge in [-0.3, -0.25) is 0 Å². The zero-order chi connectivity index (χ0) is 19.6. The van der Waals surface area contributed by atoms with Gasteiger partial charge in [0.25, 0.3) is 0 Å². The molecule has 1 aliphatic rings. The molecule has 3 nitrogen and oxygen atoms in total. The van der Waals surface area contributed by atoms with Crippen molar-refractivity contribution in [3.63, 3.8) is 0 Å². The van der Waals surface area contributed by atoms with E-state index in [1.54, 1.807) is 7.11 Å². The van der Waals surface area contributed by atoms with Crippen LogP contribution in [0.5, 0.6) is 5.75 Å². The van der Waals surface area contributed by atoms with E-state index >= 15 is 0 Å². The topological polar surface area (TPSA) is 18.0 Å². The average Bonchev–Trinajstić information content (AvgIpc) is 2.99. The molecular formula is C24H29N2O+. The SMILES string of the molecule is COc1ccc2c(c1C)-c1c(n(-c3ccccc3)c[n+]1C)C(C)(C)C2(C)C. The summed E-state index contributed by atoms with van der Waals surface area (Å²) in [5.74, 6) is 0.947. The molecule has 27 heavy (non-hydrogen) atoms. The number of rotatable bonds is 2. The van der Waals surface area contributed by atoms with Crippen LogP contribution in [0.15, 0.2) is 48.8 Å². The lowest BCUT2D eigenvalue weighted by Gasteiger charge is -2.45. The first kappa shape index (κ1) is 17.8. The lowest BCUT2D eigenvalue weighted by atomic mass is 9.57. The quantitative estimate of drug-likeness (QED) is 0.597. The molecule has 4 rings (SSSR count). The highest BCUT2D eigenvalue weighted by atomic mass is 16.5. The van der Waals surface area contributed by atoms with E-state index in [2.05, 4.69) is 99.6 Å². The Labute approximate surface area is 162 Å². The number of benzene rings is 2. The minimum atomic E-state index is -0.0482. The molecular weight excluding hydrogens is 332 g/mol. The largest absolute Gasteiger partial charge is 0.496 e. The van der Waals surface area contributed by atoms with Crippen LogP contribution in [-0.4, -0.2) is 11.7 Å². The first-order chi connectivity index (χ1) is 12.7. The second kappa shape index (κ2) is 5.72. The summed E-state index contributed by atoms with van der Waals surface area (Å²) >= 11 is 0. The van der Waals surface area contributed by atoms with Crippen molar-refractivity contribution in [1.82, 2.24) is 4.57 Å². The molecule has 0 fully saturated rings. The van der Waals surface area contributed by atoms with Crippen LogP contribution < -0.4 is 9.30 Å². The van der Waals surface area contributed by atoms with Gasteiger partial charge in [-0.25, -0.2) is 4.57 Å². The van der Waals surface area contributed by atoms with Crippen LogP contribution in [0.1, 0.15) is 44.5 Å². The van der Waals surface area contributed by atoms with Crippen LogP contribution >= 0.6 is 0 Å². The van der Waals surface area contributed by atoms with E-state index in [1.807, 2.05) is 0 Å². The lowest BCUT2D eigenvalue weighted by Crippen LogP contribution is -2.46. The molecule has 0 amide bonds. The second-order valence-electron chi connectivity index (χ2n) is 8.69. The van der Waals surface area contributed by atoms with Crippen molar-refractivity contribution in [3.8, 4) is 22.7 Å². The number of hydrogen-bond donors (Lipinski definition) is 0. The number of aryl methyl sites for hydroxylation is 1. The number of fused-ring (bicyclic) bond motifs is 3. The molecule has 0 bridgehead atoms. The van der Waals surface area contributed by atoms with Gasteiger partial charge >= 0.3 is 0 Å². The van der Waals surface area contributed by atoms with Crippen LogP contribution in [0.25, 0.3) is 16.9 Å². The predicted octanol–water partition coefficient (Wildman–Crippen LogP) is 4.85. The number of aromatic nitrogens is 2. The Morgan fingerprint density at radius 1 is 0.926 bits per heavy atom. The molecule has 0 aliphatic heterocycles. The minimum Gasteiger partial charge on any atom is -0.496 e. The van der Waals surface area contributed by atoms with Gasteiger partial charge in [-0.2, -0.15) is 4.57 Å². The van der Waals surface area contributed by atoms with Crippen molar-refractivity contribution in [2.75, 3.05) is 7.11 Å². The van der Waals surface area contributed by atoms with Gasteiger partial charge in [0, 0.05) is 22.0 Å². The Hall–Kier alpha value is -2.55. The molecule has 1 heterocycles. The maximum absolute atomic E-state index is 5.66. The molecule has 3 aromatic rings. The molecule has 0 spiro atoms. The van der Waals surface area contributed by atoms with Gasteiger partial charge in [-0.1, -0.05) is 52.0 Å². The van der Waals surface area contributed by atoms with Gasteiger partial charge in [-0.15, -0.1) is 0 Å². The number of nitrogens with zero attached hydrogens (tertiary/aromatic N) is 2. The van der Waals surface area contributed by atoms with Gasteiger partial charge in [0.2, 0.25) is 6.33 Å². The Morgan fingerprint density at radius 3 is 2.22 bits per heavy atom. The number of para-hydroxylation sites is 1. The lowest BCUT2D eigenvalue weighted by molar-refractivity contribution is -0.660. The van der Waals surface area contributed by atoms with Crippen LogP contribution in [0.3, 0.4) is 0 Å². The third-order valence-electron chi connectivity index (χ3n) is 6.84. The van der Waals surface area contributed by atoms with E-state index in [0.717, 1.165) is 5.75 Å². The third-order valence-corrected chi connectivity index (χ3v) is 6.84. The fraction of sp³-hybridized carbons (Fsp3) is 0.375. The van der Waals surface area contributed by atoms with Gasteiger partial charge < -0.3 is 4.74 Å². The molecule has 1 aromatic heterocycles. The minimum absolute atomic E-state index is 0.0236. The van der Waals surface area contributed by atoms with Crippen LogP contribution in [-0.2, 0) is 17.9 Å². The summed E-state index contributed by atoms with van der Waals surface area (Å²) in [6.07, 6.45) is 2.21. The predicted molar refractivity (Wildman–Crippen MR) is 110 cm³/mol. The standard InChI is InChI=1S/C24H29N2O/c1-16-19(27-7)14-13-18-20(16)21-22(24(4,5)23(18,2)3)26(15-25(21)6)17-11-9-8-10-12-17/h8-15H,1-7H3/q+1. The highest BCUT2D eigenvalue weighted by Gasteiger charge is 2.53. The van der Waals surface area contributed by atoms with E-state index in [-0.39, 0.29) is 10.8 Å². The third kappa shape index (κ3) is 2.24. The maximum atomic E-state index is 5.66. The zero-order valence-corrected chi connectivity index (χ0v) is 17.4. The molecule has 0 atom stereocenters. The first-order valence-corrected chi connectivity index (χ1v) is 9.57. The van der Waals surface area contributed by atoms with E-state index in [9.17, 15) is 0 Å². The van der Waals surface area contributed by atoms with Crippen LogP contribution in [0.4, 0.5) is 0 Å². The van der Waals surface area contributed by atoms with Gasteiger partial charge in [0.1, 0.15) is 11.4 Å². The molecule has 0 saturated heterocycles. The highest BCUT2D eigenvalue weighted by Crippen LogP contribution is 2.55. The summed E-state index contributed by atoms with van der Waals surface area (Å²) < 4.78 is 10.3. The number of hydrogen-bond acceptors (Lipinski definition) is 1. The van der Waals surface area contributed by atoms with Crippen molar-refractivity contribution in [2.45, 2.75) is 45.4 Å².